The van der Waals surface area contributed by atoms with E-state index in [4.69, 9.17) is 37.0 Å². The number of phosphoric ester groups is 2. The predicted octanol–water partition coefficient (Wildman–Crippen LogP) is 23.4. The third-order valence-electron chi connectivity index (χ3n) is 18.7. The van der Waals surface area contributed by atoms with Crippen LogP contribution < -0.4 is 0 Å². The van der Waals surface area contributed by atoms with Gasteiger partial charge in [-0.1, -0.05) is 357 Å². The summed E-state index contributed by atoms with van der Waals surface area (Å²) in [5.41, 5.74) is 0. The molecule has 98 heavy (non-hydrogen) atoms. The summed E-state index contributed by atoms with van der Waals surface area (Å²) in [6, 6.07) is 0. The molecule has 0 bridgehead atoms. The first-order chi connectivity index (χ1) is 47.3. The van der Waals surface area contributed by atoms with Gasteiger partial charge in [0.25, 0.3) is 0 Å². The lowest BCUT2D eigenvalue weighted by molar-refractivity contribution is -0.161. The van der Waals surface area contributed by atoms with E-state index in [-0.39, 0.29) is 25.7 Å². The van der Waals surface area contributed by atoms with Crippen LogP contribution in [0.1, 0.15) is 408 Å². The minimum atomic E-state index is -4.96. The summed E-state index contributed by atoms with van der Waals surface area (Å²) < 4.78 is 68.7. The summed E-state index contributed by atoms with van der Waals surface area (Å²) in [6.45, 7) is 12.0. The second-order valence-corrected chi connectivity index (χ2v) is 32.6. The molecule has 582 valence electrons. The number of carbonyl (C=O) groups is 4. The number of unbranched alkanes of at least 4 members (excludes halogenated alkanes) is 44. The molecule has 17 nitrogen and oxygen atoms in total. The lowest BCUT2D eigenvalue weighted by Gasteiger charge is -2.21. The molecule has 0 aliphatic heterocycles. The molecule has 3 unspecified atom stereocenters. The number of rotatable bonds is 77. The topological polar surface area (TPSA) is 237 Å². The molecular formula is C79H154O17P2. The maximum atomic E-state index is 13.1. The number of ether oxygens (including phenoxy) is 4. The molecule has 0 aliphatic rings. The van der Waals surface area contributed by atoms with Crippen molar-refractivity contribution in [3.63, 3.8) is 0 Å². The van der Waals surface area contributed by atoms with Crippen molar-refractivity contribution >= 4 is 39.5 Å². The van der Waals surface area contributed by atoms with E-state index >= 15 is 0 Å². The first-order valence-electron chi connectivity index (χ1n) is 40.9. The van der Waals surface area contributed by atoms with E-state index in [0.717, 1.165) is 108 Å². The number of esters is 4. The zero-order valence-corrected chi connectivity index (χ0v) is 66.0. The van der Waals surface area contributed by atoms with Crippen molar-refractivity contribution in [3.05, 3.63) is 0 Å². The first kappa shape index (κ1) is 96.1. The smallest absolute Gasteiger partial charge is 0.462 e. The van der Waals surface area contributed by atoms with Crippen LogP contribution in [0.25, 0.3) is 0 Å². The highest BCUT2D eigenvalue weighted by atomic mass is 31.2. The number of aliphatic hydroxyl groups is 1. The number of aliphatic hydroxyl groups excluding tert-OH is 1. The number of hydrogen-bond acceptors (Lipinski definition) is 15. The van der Waals surface area contributed by atoms with Gasteiger partial charge >= 0.3 is 39.5 Å². The quantitative estimate of drug-likeness (QED) is 0.0222. The van der Waals surface area contributed by atoms with Crippen LogP contribution in [0.3, 0.4) is 0 Å². The highest BCUT2D eigenvalue weighted by Crippen LogP contribution is 2.45. The van der Waals surface area contributed by atoms with Crippen LogP contribution in [-0.4, -0.2) is 96.7 Å². The Balaban J connectivity index is 5.27. The maximum absolute atomic E-state index is 13.1. The molecule has 0 heterocycles. The Morgan fingerprint density at radius 2 is 0.520 bits per heavy atom. The summed E-state index contributed by atoms with van der Waals surface area (Å²) in [5.74, 6) is 0.244. The number of carbonyl (C=O) groups excluding carboxylic acids is 4. The molecule has 0 spiro atoms. The fourth-order valence-electron chi connectivity index (χ4n) is 12.1. The van der Waals surface area contributed by atoms with Crippen LogP contribution >= 0.6 is 15.6 Å². The Morgan fingerprint density at radius 3 is 0.776 bits per heavy atom. The van der Waals surface area contributed by atoms with Crippen LogP contribution in [0.4, 0.5) is 0 Å². The molecule has 0 amide bonds. The van der Waals surface area contributed by atoms with Gasteiger partial charge in [0.1, 0.15) is 19.3 Å². The van der Waals surface area contributed by atoms with E-state index in [9.17, 15) is 43.2 Å². The van der Waals surface area contributed by atoms with Crippen LogP contribution in [0.5, 0.6) is 0 Å². The van der Waals surface area contributed by atoms with Crippen molar-refractivity contribution in [2.24, 2.45) is 17.8 Å². The second-order valence-electron chi connectivity index (χ2n) is 29.6. The number of hydrogen-bond donors (Lipinski definition) is 3. The normalized spacial score (nSPS) is 14.3. The molecule has 0 fully saturated rings. The van der Waals surface area contributed by atoms with Gasteiger partial charge in [-0.2, -0.15) is 0 Å². The van der Waals surface area contributed by atoms with Crippen molar-refractivity contribution < 1.29 is 80.2 Å². The average Bonchev–Trinajstić information content (AvgIpc) is 1.16. The summed E-state index contributed by atoms with van der Waals surface area (Å²) in [6.07, 6.45) is 56.7. The van der Waals surface area contributed by atoms with Crippen molar-refractivity contribution in [3.8, 4) is 0 Å². The molecule has 0 aromatic carbocycles. The fraction of sp³-hybridized carbons (Fsp3) is 0.949. The van der Waals surface area contributed by atoms with Gasteiger partial charge in [0.05, 0.1) is 26.4 Å². The lowest BCUT2D eigenvalue weighted by Crippen LogP contribution is -2.30. The van der Waals surface area contributed by atoms with Crippen molar-refractivity contribution in [2.75, 3.05) is 39.6 Å². The predicted molar refractivity (Wildman–Crippen MR) is 400 cm³/mol. The van der Waals surface area contributed by atoms with E-state index in [1.165, 1.54) is 218 Å². The van der Waals surface area contributed by atoms with Gasteiger partial charge in [-0.15, -0.1) is 0 Å². The van der Waals surface area contributed by atoms with Crippen LogP contribution in [0, 0.1) is 17.8 Å². The molecule has 3 N–H and O–H groups in total. The Hall–Kier alpha value is -1.94. The SMILES string of the molecule is CCCCCCCCCCCCCCCCC(=O)O[C@H](COC(=O)CCCCCCCCCCC(C)CC)COP(=O)(O)OC[C@H](O)COP(=O)(O)OC[C@@H](COC(=O)CCCCCCCCCCCCCCCC(C)C)OC(=O)CCCCCCCCCCCCCCCC(C)C. The van der Waals surface area contributed by atoms with E-state index in [1.54, 1.807) is 0 Å². The fourth-order valence-corrected chi connectivity index (χ4v) is 13.7. The van der Waals surface area contributed by atoms with E-state index in [2.05, 4.69) is 48.5 Å². The Labute approximate surface area is 600 Å². The second kappa shape index (κ2) is 69.4. The van der Waals surface area contributed by atoms with Gasteiger partial charge in [-0.25, -0.2) is 9.13 Å². The Bertz CT molecular complexity index is 1910. The van der Waals surface area contributed by atoms with Gasteiger partial charge in [-0.3, -0.25) is 37.3 Å². The van der Waals surface area contributed by atoms with Crippen molar-refractivity contribution in [2.45, 2.75) is 426 Å². The molecule has 0 aromatic rings. The van der Waals surface area contributed by atoms with Gasteiger partial charge in [0.15, 0.2) is 12.2 Å². The molecule has 0 rings (SSSR count). The molecule has 0 aliphatic carbocycles. The summed E-state index contributed by atoms with van der Waals surface area (Å²) in [5, 5.41) is 10.6. The van der Waals surface area contributed by atoms with Crippen molar-refractivity contribution in [1.82, 2.24) is 0 Å². The largest absolute Gasteiger partial charge is 0.472 e. The monoisotopic (exact) mass is 1440 g/mol. The lowest BCUT2D eigenvalue weighted by atomic mass is 9.99. The first-order valence-corrected chi connectivity index (χ1v) is 43.9. The molecule has 0 aromatic heterocycles. The summed E-state index contributed by atoms with van der Waals surface area (Å²) in [7, 11) is -9.92. The van der Waals surface area contributed by atoms with Crippen LogP contribution in [0.2, 0.25) is 0 Å². The molecule has 6 atom stereocenters. The Kier molecular flexibility index (Phi) is 68.1. The molecule has 0 saturated heterocycles. The standard InChI is InChI=1S/C79H154O17P2/c1-8-10-11-12-13-14-15-16-21-27-32-41-48-55-62-78(83)96-75(67-90-77(82)61-54-47-40-35-34-38-45-52-59-72(7)9-2)69-94-98(87,88)92-65-73(80)64-91-97(85,86)93-68-74(95-79(84)63-56-49-42-33-28-23-18-20-25-30-37-44-51-58-71(5)6)66-89-76(81)60-53-46-39-31-26-22-17-19-24-29-36-43-50-57-70(3)4/h70-75,80H,8-69H2,1-7H3,(H,85,86)(H,87,88)/t72?,73-,74-,75-/m1/s1. The third kappa shape index (κ3) is 71.1. The van der Waals surface area contributed by atoms with Gasteiger partial charge in [0.2, 0.25) is 0 Å². The molecule has 19 heteroatoms. The average molecular weight is 1440 g/mol. The van der Waals surface area contributed by atoms with Crippen LogP contribution in [-0.2, 0) is 65.4 Å². The van der Waals surface area contributed by atoms with E-state index in [1.807, 2.05) is 0 Å². The van der Waals surface area contributed by atoms with E-state index < -0.39 is 97.5 Å². The van der Waals surface area contributed by atoms with Gasteiger partial charge in [0, 0.05) is 25.7 Å². The van der Waals surface area contributed by atoms with Gasteiger partial charge in [-0.05, 0) is 43.4 Å². The Morgan fingerprint density at radius 1 is 0.296 bits per heavy atom. The maximum Gasteiger partial charge on any atom is 0.472 e. The minimum absolute atomic E-state index is 0.107. The third-order valence-corrected chi connectivity index (χ3v) is 20.6. The summed E-state index contributed by atoms with van der Waals surface area (Å²) in [4.78, 5) is 73.0. The number of phosphoric acid groups is 2. The minimum Gasteiger partial charge on any atom is -0.462 e. The zero-order chi connectivity index (χ0) is 72.3. The molecule has 0 saturated carbocycles. The highest BCUT2D eigenvalue weighted by Gasteiger charge is 2.30. The molecular weight excluding hydrogens is 1280 g/mol. The zero-order valence-electron chi connectivity index (χ0n) is 64.3. The molecule has 0 radical (unpaired) electrons. The van der Waals surface area contributed by atoms with Crippen molar-refractivity contribution in [1.29, 1.82) is 0 Å². The van der Waals surface area contributed by atoms with E-state index in [0.29, 0.717) is 25.7 Å². The van der Waals surface area contributed by atoms with Gasteiger partial charge < -0.3 is 33.8 Å². The summed E-state index contributed by atoms with van der Waals surface area (Å²) >= 11 is 0. The highest BCUT2D eigenvalue weighted by molar-refractivity contribution is 7.47. The van der Waals surface area contributed by atoms with Crippen LogP contribution in [0.15, 0.2) is 0 Å².